The van der Waals surface area contributed by atoms with Crippen LogP contribution in [0.2, 0.25) is 0 Å². The number of ether oxygens (including phenoxy) is 2. The fourth-order valence-electron chi connectivity index (χ4n) is 2.50. The maximum Gasteiger partial charge on any atom is 0.340 e. The zero-order valence-electron chi connectivity index (χ0n) is 17.5. The Hall–Kier alpha value is -3.33. The zero-order valence-corrected chi connectivity index (χ0v) is 18.3. The molecule has 1 heterocycles. The molecular formula is C22H23N3O5S. The third kappa shape index (κ3) is 6.85. The van der Waals surface area contributed by atoms with Gasteiger partial charge in [0.2, 0.25) is 5.91 Å². The highest BCUT2D eigenvalue weighted by Crippen LogP contribution is 2.20. The van der Waals surface area contributed by atoms with E-state index in [0.29, 0.717) is 22.9 Å². The smallest absolute Gasteiger partial charge is 0.340 e. The summed E-state index contributed by atoms with van der Waals surface area (Å²) in [5.41, 5.74) is 1.82. The van der Waals surface area contributed by atoms with Crippen molar-refractivity contribution in [1.82, 2.24) is 10.2 Å². The minimum atomic E-state index is -0.492. The first kappa shape index (κ1) is 22.4. The minimum Gasteiger partial charge on any atom is -0.484 e. The number of thioether (sulfide) groups is 1. The summed E-state index contributed by atoms with van der Waals surface area (Å²) < 4.78 is 16.3. The molecule has 0 spiro atoms. The van der Waals surface area contributed by atoms with Gasteiger partial charge in [0.05, 0.1) is 23.1 Å². The number of esters is 1. The molecule has 31 heavy (non-hydrogen) atoms. The first-order valence-electron chi connectivity index (χ1n) is 9.65. The second kappa shape index (κ2) is 10.6. The van der Waals surface area contributed by atoms with Crippen LogP contribution in [0.3, 0.4) is 0 Å². The van der Waals surface area contributed by atoms with Gasteiger partial charge in [-0.2, -0.15) is 0 Å². The first-order valence-corrected chi connectivity index (χ1v) is 10.6. The molecule has 8 nitrogen and oxygen atoms in total. The van der Waals surface area contributed by atoms with Gasteiger partial charge in [-0.3, -0.25) is 4.79 Å². The van der Waals surface area contributed by atoms with Gasteiger partial charge in [0.25, 0.3) is 11.1 Å². The number of nitrogens with zero attached hydrogens (tertiary/aromatic N) is 2. The van der Waals surface area contributed by atoms with E-state index in [0.717, 1.165) is 17.3 Å². The van der Waals surface area contributed by atoms with Gasteiger partial charge in [-0.25, -0.2) is 4.79 Å². The molecule has 9 heteroatoms. The molecular weight excluding hydrogens is 418 g/mol. The molecule has 3 rings (SSSR count). The molecule has 162 valence electrons. The Kier molecular flexibility index (Phi) is 7.66. The highest BCUT2D eigenvalue weighted by molar-refractivity contribution is 7.99. The van der Waals surface area contributed by atoms with Crippen LogP contribution in [0.1, 0.15) is 35.7 Å². The van der Waals surface area contributed by atoms with Crippen LogP contribution in [0.15, 0.2) is 58.2 Å². The standard InChI is InChI=1S/C22H23N3O5S/c1-14(2)29-21(27)17-6-4-5-7-18(17)23-19(26)13-31-22-25-24-20(30-22)12-28-16-10-8-15(3)9-11-16/h4-11,14H,12-13H2,1-3H3,(H,23,26). The van der Waals surface area contributed by atoms with Crippen molar-refractivity contribution in [3.8, 4) is 5.75 Å². The summed E-state index contributed by atoms with van der Waals surface area (Å²) in [6.07, 6.45) is -0.256. The molecule has 1 aromatic heterocycles. The Morgan fingerprint density at radius 2 is 1.84 bits per heavy atom. The molecule has 0 fully saturated rings. The van der Waals surface area contributed by atoms with Crippen molar-refractivity contribution in [3.05, 3.63) is 65.5 Å². The third-order valence-electron chi connectivity index (χ3n) is 3.92. The summed E-state index contributed by atoms with van der Waals surface area (Å²) in [6, 6.07) is 14.3. The monoisotopic (exact) mass is 441 g/mol. The van der Waals surface area contributed by atoms with Crippen LogP contribution in [0.5, 0.6) is 5.75 Å². The lowest BCUT2D eigenvalue weighted by Gasteiger charge is -2.12. The molecule has 1 amide bonds. The van der Waals surface area contributed by atoms with Crippen LogP contribution >= 0.6 is 11.8 Å². The number of carbonyl (C=O) groups excluding carboxylic acids is 2. The highest BCUT2D eigenvalue weighted by Gasteiger charge is 2.16. The molecule has 0 aliphatic heterocycles. The molecule has 1 N–H and O–H groups in total. The summed E-state index contributed by atoms with van der Waals surface area (Å²) in [5, 5.41) is 10.8. The second-order valence-electron chi connectivity index (χ2n) is 6.90. The highest BCUT2D eigenvalue weighted by atomic mass is 32.2. The molecule has 0 unspecified atom stereocenters. The van der Waals surface area contributed by atoms with E-state index in [2.05, 4.69) is 15.5 Å². The molecule has 0 aliphatic carbocycles. The average molecular weight is 442 g/mol. The Balaban J connectivity index is 1.50. The van der Waals surface area contributed by atoms with Crippen LogP contribution in [-0.4, -0.2) is 33.9 Å². The number of rotatable bonds is 9. The summed E-state index contributed by atoms with van der Waals surface area (Å²) in [5.74, 6) is 0.241. The number of para-hydroxylation sites is 1. The Morgan fingerprint density at radius 1 is 1.10 bits per heavy atom. The SMILES string of the molecule is Cc1ccc(OCc2nnc(SCC(=O)Nc3ccccc3C(=O)OC(C)C)o2)cc1. The van der Waals surface area contributed by atoms with Gasteiger partial charge in [0.1, 0.15) is 5.75 Å². The van der Waals surface area contributed by atoms with E-state index >= 15 is 0 Å². The van der Waals surface area contributed by atoms with Gasteiger partial charge in [0, 0.05) is 0 Å². The molecule has 0 saturated heterocycles. The van der Waals surface area contributed by atoms with Crippen molar-refractivity contribution in [2.75, 3.05) is 11.1 Å². The Morgan fingerprint density at radius 3 is 2.58 bits per heavy atom. The van der Waals surface area contributed by atoms with Crippen molar-refractivity contribution in [2.24, 2.45) is 0 Å². The predicted octanol–water partition coefficient (Wildman–Crippen LogP) is 4.25. The molecule has 0 saturated carbocycles. The predicted molar refractivity (Wildman–Crippen MR) is 116 cm³/mol. The number of aryl methyl sites for hydroxylation is 1. The quantitative estimate of drug-likeness (QED) is 0.388. The number of anilines is 1. The molecule has 0 radical (unpaired) electrons. The lowest BCUT2D eigenvalue weighted by molar-refractivity contribution is -0.113. The van der Waals surface area contributed by atoms with Crippen LogP contribution in [-0.2, 0) is 16.1 Å². The van der Waals surface area contributed by atoms with Crippen molar-refractivity contribution < 1.29 is 23.5 Å². The summed E-state index contributed by atoms with van der Waals surface area (Å²) >= 11 is 1.09. The van der Waals surface area contributed by atoms with Crippen LogP contribution in [0, 0.1) is 6.92 Å². The van der Waals surface area contributed by atoms with Crippen LogP contribution in [0.25, 0.3) is 0 Å². The summed E-state index contributed by atoms with van der Waals surface area (Å²) in [6.45, 7) is 5.66. The normalized spacial score (nSPS) is 10.7. The average Bonchev–Trinajstić information content (AvgIpc) is 3.20. The molecule has 0 aliphatic rings. The topological polar surface area (TPSA) is 104 Å². The van der Waals surface area contributed by atoms with E-state index < -0.39 is 5.97 Å². The van der Waals surface area contributed by atoms with E-state index in [4.69, 9.17) is 13.9 Å². The Bertz CT molecular complexity index is 1030. The van der Waals surface area contributed by atoms with Crippen molar-refractivity contribution in [3.63, 3.8) is 0 Å². The van der Waals surface area contributed by atoms with Crippen LogP contribution < -0.4 is 10.1 Å². The van der Waals surface area contributed by atoms with Crippen molar-refractivity contribution >= 4 is 29.3 Å². The molecule has 3 aromatic rings. The van der Waals surface area contributed by atoms with Gasteiger partial charge in [-0.1, -0.05) is 41.6 Å². The molecule has 2 aromatic carbocycles. The second-order valence-corrected chi connectivity index (χ2v) is 7.83. The number of aromatic nitrogens is 2. The number of nitrogens with one attached hydrogen (secondary N) is 1. The largest absolute Gasteiger partial charge is 0.484 e. The van der Waals surface area contributed by atoms with E-state index in [1.807, 2.05) is 31.2 Å². The number of hydrogen-bond donors (Lipinski definition) is 1. The number of carbonyl (C=O) groups is 2. The van der Waals surface area contributed by atoms with E-state index in [-0.39, 0.29) is 29.6 Å². The lowest BCUT2D eigenvalue weighted by atomic mass is 10.2. The van der Waals surface area contributed by atoms with Crippen molar-refractivity contribution in [2.45, 2.75) is 38.7 Å². The fourth-order valence-corrected chi connectivity index (χ4v) is 3.08. The third-order valence-corrected chi connectivity index (χ3v) is 4.74. The van der Waals surface area contributed by atoms with E-state index in [1.165, 1.54) is 0 Å². The summed E-state index contributed by atoms with van der Waals surface area (Å²) in [7, 11) is 0. The van der Waals surface area contributed by atoms with E-state index in [1.54, 1.807) is 38.1 Å². The van der Waals surface area contributed by atoms with Gasteiger partial charge in [0.15, 0.2) is 6.61 Å². The number of hydrogen-bond acceptors (Lipinski definition) is 8. The Labute approximate surface area is 184 Å². The minimum absolute atomic E-state index is 0.0357. The maximum atomic E-state index is 12.3. The number of benzene rings is 2. The van der Waals surface area contributed by atoms with Gasteiger partial charge < -0.3 is 19.2 Å². The zero-order chi connectivity index (χ0) is 22.2. The molecule has 0 bridgehead atoms. The summed E-state index contributed by atoms with van der Waals surface area (Å²) in [4.78, 5) is 24.5. The van der Waals surface area contributed by atoms with Gasteiger partial charge >= 0.3 is 5.97 Å². The lowest BCUT2D eigenvalue weighted by Crippen LogP contribution is -2.18. The maximum absolute atomic E-state index is 12.3. The van der Waals surface area contributed by atoms with Gasteiger partial charge in [-0.15, -0.1) is 10.2 Å². The fraction of sp³-hybridized carbons (Fsp3) is 0.273. The van der Waals surface area contributed by atoms with Gasteiger partial charge in [-0.05, 0) is 45.0 Å². The van der Waals surface area contributed by atoms with Crippen LogP contribution in [0.4, 0.5) is 5.69 Å². The van der Waals surface area contributed by atoms with Crippen molar-refractivity contribution in [1.29, 1.82) is 0 Å². The number of amides is 1. The van der Waals surface area contributed by atoms with E-state index in [9.17, 15) is 9.59 Å². The first-order chi connectivity index (χ1) is 14.9. The molecule has 0 atom stereocenters.